The van der Waals surface area contributed by atoms with Crippen molar-refractivity contribution in [3.63, 3.8) is 0 Å². The van der Waals surface area contributed by atoms with Gasteiger partial charge in [0.1, 0.15) is 0 Å². The molecule has 2 atom stereocenters. The summed E-state index contributed by atoms with van der Waals surface area (Å²) in [5.74, 6) is 1.51. The average molecular weight is 203 g/mol. The molecule has 1 N–H and O–H groups in total. The van der Waals surface area contributed by atoms with Crippen LogP contribution in [0.15, 0.2) is 24.3 Å². The van der Waals surface area contributed by atoms with Gasteiger partial charge in [-0.3, -0.25) is 0 Å². The number of hydrogen-bond acceptors (Lipinski definition) is 1. The van der Waals surface area contributed by atoms with Crippen LogP contribution in [0.2, 0.25) is 0 Å². The number of piperidine rings is 1. The molecule has 1 aliphatic rings. The van der Waals surface area contributed by atoms with E-state index in [0.29, 0.717) is 5.92 Å². The number of hydrogen-bond donors (Lipinski definition) is 1. The lowest BCUT2D eigenvalue weighted by molar-refractivity contribution is 0.334. The smallest absolute Gasteiger partial charge is 0.00148 e. The summed E-state index contributed by atoms with van der Waals surface area (Å²) in [6, 6.07) is 8.96. The molecule has 2 unspecified atom stereocenters. The number of nitrogens with one attached hydrogen (secondary N) is 1. The molecule has 1 nitrogen and oxygen atoms in total. The fourth-order valence-corrected chi connectivity index (χ4v) is 2.53. The predicted molar refractivity (Wildman–Crippen MR) is 65.2 cm³/mol. The molecule has 0 radical (unpaired) electrons. The number of rotatable bonds is 2. The van der Waals surface area contributed by atoms with Crippen LogP contribution in [0.5, 0.6) is 0 Å². The van der Waals surface area contributed by atoms with Gasteiger partial charge in [0.05, 0.1) is 0 Å². The van der Waals surface area contributed by atoms with Crippen LogP contribution in [-0.2, 0) is 0 Å². The van der Waals surface area contributed by atoms with Crippen LogP contribution in [0.3, 0.4) is 0 Å². The Bertz CT molecular complexity index is 313. The maximum Gasteiger partial charge on any atom is -0.00148 e. The molecule has 1 aromatic rings. The van der Waals surface area contributed by atoms with E-state index in [1.807, 2.05) is 0 Å². The minimum Gasteiger partial charge on any atom is -0.316 e. The van der Waals surface area contributed by atoms with Crippen molar-refractivity contribution < 1.29 is 0 Å². The van der Waals surface area contributed by atoms with Gasteiger partial charge in [-0.1, -0.05) is 36.8 Å². The van der Waals surface area contributed by atoms with E-state index in [0.717, 1.165) is 5.92 Å². The van der Waals surface area contributed by atoms with Crippen LogP contribution in [-0.4, -0.2) is 13.1 Å². The van der Waals surface area contributed by atoms with E-state index in [4.69, 9.17) is 0 Å². The van der Waals surface area contributed by atoms with Crippen LogP contribution < -0.4 is 5.32 Å². The first-order chi connectivity index (χ1) is 7.27. The maximum atomic E-state index is 3.50. The van der Waals surface area contributed by atoms with Gasteiger partial charge in [0, 0.05) is 0 Å². The molecule has 1 fully saturated rings. The fourth-order valence-electron chi connectivity index (χ4n) is 2.53. The van der Waals surface area contributed by atoms with Gasteiger partial charge in [-0.25, -0.2) is 0 Å². The van der Waals surface area contributed by atoms with E-state index >= 15 is 0 Å². The molecule has 1 aliphatic heterocycles. The van der Waals surface area contributed by atoms with E-state index in [-0.39, 0.29) is 0 Å². The molecule has 1 aromatic carbocycles. The zero-order valence-electron chi connectivity index (χ0n) is 9.79. The summed E-state index contributed by atoms with van der Waals surface area (Å²) in [4.78, 5) is 0. The van der Waals surface area contributed by atoms with Gasteiger partial charge in [0.25, 0.3) is 0 Å². The van der Waals surface area contributed by atoms with Crippen LogP contribution in [0, 0.1) is 12.8 Å². The Labute approximate surface area is 92.9 Å². The van der Waals surface area contributed by atoms with Crippen LogP contribution in [0.1, 0.15) is 36.8 Å². The molecular weight excluding hydrogens is 182 g/mol. The maximum absolute atomic E-state index is 3.50. The van der Waals surface area contributed by atoms with Crippen molar-refractivity contribution >= 4 is 0 Å². The number of benzene rings is 1. The van der Waals surface area contributed by atoms with E-state index in [9.17, 15) is 0 Å². The predicted octanol–water partition coefficient (Wildman–Crippen LogP) is 3.10. The van der Waals surface area contributed by atoms with Crippen molar-refractivity contribution in [2.24, 2.45) is 5.92 Å². The standard InChI is InChI=1S/C14H21N/c1-11-5-3-6-13(9-11)12(2)14-7-4-8-15-10-14/h3,5-6,9,12,14-15H,4,7-8,10H2,1-2H3. The summed E-state index contributed by atoms with van der Waals surface area (Å²) in [6.07, 6.45) is 2.71. The average Bonchev–Trinajstić information content (AvgIpc) is 2.29. The first kappa shape index (κ1) is 10.7. The highest BCUT2D eigenvalue weighted by atomic mass is 14.9. The molecule has 0 bridgehead atoms. The first-order valence-corrected chi connectivity index (χ1v) is 6.04. The van der Waals surface area contributed by atoms with Gasteiger partial charge in [-0.05, 0) is 50.3 Å². The van der Waals surface area contributed by atoms with E-state index < -0.39 is 0 Å². The highest BCUT2D eigenvalue weighted by Gasteiger charge is 2.20. The quantitative estimate of drug-likeness (QED) is 0.779. The molecule has 1 heteroatoms. The largest absolute Gasteiger partial charge is 0.316 e. The molecule has 0 spiro atoms. The van der Waals surface area contributed by atoms with Gasteiger partial charge < -0.3 is 5.32 Å². The Morgan fingerprint density at radius 2 is 2.27 bits per heavy atom. The second-order valence-electron chi connectivity index (χ2n) is 4.81. The van der Waals surface area contributed by atoms with Crippen LogP contribution in [0.4, 0.5) is 0 Å². The Hall–Kier alpha value is -0.820. The van der Waals surface area contributed by atoms with Crippen LogP contribution >= 0.6 is 0 Å². The van der Waals surface area contributed by atoms with Crippen molar-refractivity contribution in [3.05, 3.63) is 35.4 Å². The summed E-state index contributed by atoms with van der Waals surface area (Å²) < 4.78 is 0. The highest BCUT2D eigenvalue weighted by Crippen LogP contribution is 2.29. The van der Waals surface area contributed by atoms with Gasteiger partial charge in [-0.2, -0.15) is 0 Å². The van der Waals surface area contributed by atoms with Gasteiger partial charge in [-0.15, -0.1) is 0 Å². The van der Waals surface area contributed by atoms with Crippen molar-refractivity contribution in [1.82, 2.24) is 5.32 Å². The molecule has 0 aromatic heterocycles. The lowest BCUT2D eigenvalue weighted by Gasteiger charge is -2.28. The summed E-state index contributed by atoms with van der Waals surface area (Å²) in [6.45, 7) is 6.94. The van der Waals surface area contributed by atoms with E-state index in [1.54, 1.807) is 0 Å². The fraction of sp³-hybridized carbons (Fsp3) is 0.571. The molecule has 82 valence electrons. The van der Waals surface area contributed by atoms with Gasteiger partial charge in [0.2, 0.25) is 0 Å². The monoisotopic (exact) mass is 203 g/mol. The summed E-state index contributed by atoms with van der Waals surface area (Å²) in [7, 11) is 0. The number of aryl methyl sites for hydroxylation is 1. The first-order valence-electron chi connectivity index (χ1n) is 6.04. The zero-order valence-corrected chi connectivity index (χ0v) is 9.79. The Morgan fingerprint density at radius 3 is 2.93 bits per heavy atom. The minimum absolute atomic E-state index is 0.692. The highest BCUT2D eigenvalue weighted by molar-refractivity contribution is 5.25. The molecule has 0 saturated carbocycles. The summed E-state index contributed by atoms with van der Waals surface area (Å²) in [5, 5.41) is 3.50. The lowest BCUT2D eigenvalue weighted by Crippen LogP contribution is -2.32. The minimum atomic E-state index is 0.692. The molecule has 1 heterocycles. The topological polar surface area (TPSA) is 12.0 Å². The van der Waals surface area contributed by atoms with Crippen molar-refractivity contribution in [1.29, 1.82) is 0 Å². The van der Waals surface area contributed by atoms with Crippen molar-refractivity contribution in [3.8, 4) is 0 Å². The SMILES string of the molecule is Cc1cccc(C(C)C2CCCNC2)c1. The third-order valence-electron chi connectivity index (χ3n) is 3.61. The molecular formula is C14H21N. The second-order valence-corrected chi connectivity index (χ2v) is 4.81. The van der Waals surface area contributed by atoms with Crippen molar-refractivity contribution in [2.45, 2.75) is 32.6 Å². The summed E-state index contributed by atoms with van der Waals surface area (Å²) >= 11 is 0. The van der Waals surface area contributed by atoms with Crippen molar-refractivity contribution in [2.75, 3.05) is 13.1 Å². The Balaban J connectivity index is 2.08. The third kappa shape index (κ3) is 2.60. The molecule has 2 rings (SSSR count). The second kappa shape index (κ2) is 4.80. The van der Waals surface area contributed by atoms with Gasteiger partial charge in [0.15, 0.2) is 0 Å². The molecule has 0 amide bonds. The van der Waals surface area contributed by atoms with Crippen LogP contribution in [0.25, 0.3) is 0 Å². The lowest BCUT2D eigenvalue weighted by atomic mass is 9.82. The molecule has 15 heavy (non-hydrogen) atoms. The van der Waals surface area contributed by atoms with Gasteiger partial charge >= 0.3 is 0 Å². The molecule has 1 saturated heterocycles. The normalized spacial score (nSPS) is 23.7. The zero-order chi connectivity index (χ0) is 10.7. The Kier molecular flexibility index (Phi) is 3.42. The third-order valence-corrected chi connectivity index (χ3v) is 3.61. The Morgan fingerprint density at radius 1 is 1.40 bits per heavy atom. The van der Waals surface area contributed by atoms with E-state index in [1.165, 1.54) is 37.1 Å². The van der Waals surface area contributed by atoms with E-state index in [2.05, 4.69) is 43.4 Å². The summed E-state index contributed by atoms with van der Waals surface area (Å²) in [5.41, 5.74) is 2.88. The molecule has 0 aliphatic carbocycles.